The molecule has 27 heavy (non-hydrogen) atoms. The SMILES string of the molecule is O=C(Cc1ccccc1)Nc1ccc(C(=O)Nc2ccc(F)cc2F)cc1. The Hall–Kier alpha value is -3.54. The highest BCUT2D eigenvalue weighted by molar-refractivity contribution is 6.04. The third-order valence-electron chi connectivity index (χ3n) is 3.82. The van der Waals surface area contributed by atoms with Gasteiger partial charge in [0, 0.05) is 17.3 Å². The van der Waals surface area contributed by atoms with Crippen LogP contribution < -0.4 is 10.6 Å². The fourth-order valence-electron chi connectivity index (χ4n) is 2.48. The summed E-state index contributed by atoms with van der Waals surface area (Å²) in [4.78, 5) is 24.2. The fraction of sp³-hybridized carbons (Fsp3) is 0.0476. The van der Waals surface area contributed by atoms with E-state index in [9.17, 15) is 18.4 Å². The molecule has 3 rings (SSSR count). The second-order valence-corrected chi connectivity index (χ2v) is 5.87. The molecule has 0 radical (unpaired) electrons. The van der Waals surface area contributed by atoms with Gasteiger partial charge in [-0.2, -0.15) is 0 Å². The van der Waals surface area contributed by atoms with E-state index >= 15 is 0 Å². The second kappa shape index (κ2) is 8.23. The summed E-state index contributed by atoms with van der Waals surface area (Å²) >= 11 is 0. The molecule has 0 fully saturated rings. The van der Waals surface area contributed by atoms with Gasteiger partial charge in [-0.25, -0.2) is 8.78 Å². The molecule has 4 nitrogen and oxygen atoms in total. The summed E-state index contributed by atoms with van der Waals surface area (Å²) in [5, 5.41) is 5.13. The van der Waals surface area contributed by atoms with Gasteiger partial charge >= 0.3 is 0 Å². The number of carbonyl (C=O) groups is 2. The maximum atomic E-state index is 13.6. The molecule has 0 heterocycles. The minimum absolute atomic E-state index is 0.110. The van der Waals surface area contributed by atoms with Crippen molar-refractivity contribution in [3.63, 3.8) is 0 Å². The smallest absolute Gasteiger partial charge is 0.255 e. The normalized spacial score (nSPS) is 10.3. The van der Waals surface area contributed by atoms with Crippen LogP contribution in [-0.2, 0) is 11.2 Å². The van der Waals surface area contributed by atoms with Crippen molar-refractivity contribution in [3.05, 3.63) is 95.6 Å². The molecule has 0 aliphatic heterocycles. The maximum Gasteiger partial charge on any atom is 0.255 e. The minimum Gasteiger partial charge on any atom is -0.326 e. The summed E-state index contributed by atoms with van der Waals surface area (Å²) in [5.41, 5.74) is 1.61. The number of carbonyl (C=O) groups excluding carboxylic acids is 2. The number of hydrogen-bond donors (Lipinski definition) is 2. The number of anilines is 2. The van der Waals surface area contributed by atoms with Crippen molar-refractivity contribution >= 4 is 23.2 Å². The first-order chi connectivity index (χ1) is 13.0. The van der Waals surface area contributed by atoms with Gasteiger partial charge in [-0.3, -0.25) is 9.59 Å². The van der Waals surface area contributed by atoms with Crippen LogP contribution in [0.3, 0.4) is 0 Å². The van der Waals surface area contributed by atoms with Crippen molar-refractivity contribution in [1.29, 1.82) is 0 Å². The summed E-state index contributed by atoms with van der Waals surface area (Å²) in [6.45, 7) is 0. The lowest BCUT2D eigenvalue weighted by Gasteiger charge is -2.08. The van der Waals surface area contributed by atoms with Crippen LogP contribution in [0.4, 0.5) is 20.2 Å². The Morgan fingerprint density at radius 1 is 0.815 bits per heavy atom. The van der Waals surface area contributed by atoms with Gasteiger partial charge in [0.1, 0.15) is 11.6 Å². The predicted octanol–water partition coefficient (Wildman–Crippen LogP) is 4.40. The van der Waals surface area contributed by atoms with Gasteiger partial charge in [0.2, 0.25) is 5.91 Å². The third-order valence-corrected chi connectivity index (χ3v) is 3.82. The van der Waals surface area contributed by atoms with E-state index in [-0.39, 0.29) is 23.6 Å². The summed E-state index contributed by atoms with van der Waals surface area (Å²) in [6.07, 6.45) is 0.243. The Bertz CT molecular complexity index is 958. The van der Waals surface area contributed by atoms with Gasteiger partial charge < -0.3 is 10.6 Å². The first kappa shape index (κ1) is 18.3. The molecule has 2 amide bonds. The Morgan fingerprint density at radius 3 is 2.19 bits per heavy atom. The van der Waals surface area contributed by atoms with Crippen molar-refractivity contribution in [3.8, 4) is 0 Å². The highest BCUT2D eigenvalue weighted by Gasteiger charge is 2.11. The molecule has 0 saturated carbocycles. The lowest BCUT2D eigenvalue weighted by molar-refractivity contribution is -0.115. The van der Waals surface area contributed by atoms with Crippen LogP contribution in [0.1, 0.15) is 15.9 Å². The fourth-order valence-corrected chi connectivity index (χ4v) is 2.48. The van der Waals surface area contributed by atoms with Crippen LogP contribution in [0.15, 0.2) is 72.8 Å². The van der Waals surface area contributed by atoms with Crippen molar-refractivity contribution < 1.29 is 18.4 Å². The average Bonchev–Trinajstić information content (AvgIpc) is 2.65. The summed E-state index contributed by atoms with van der Waals surface area (Å²) in [7, 11) is 0. The van der Waals surface area contributed by atoms with E-state index in [4.69, 9.17) is 0 Å². The average molecular weight is 366 g/mol. The van der Waals surface area contributed by atoms with Gasteiger partial charge in [0.15, 0.2) is 0 Å². The largest absolute Gasteiger partial charge is 0.326 e. The zero-order valence-corrected chi connectivity index (χ0v) is 14.2. The summed E-state index contributed by atoms with van der Waals surface area (Å²) < 4.78 is 26.5. The molecule has 2 N–H and O–H groups in total. The number of hydrogen-bond acceptors (Lipinski definition) is 2. The van der Waals surface area contributed by atoms with Crippen molar-refractivity contribution in [2.45, 2.75) is 6.42 Å². The van der Waals surface area contributed by atoms with Gasteiger partial charge in [-0.05, 0) is 42.0 Å². The van der Waals surface area contributed by atoms with Gasteiger partial charge in [-0.1, -0.05) is 30.3 Å². The van der Waals surface area contributed by atoms with E-state index in [0.29, 0.717) is 11.8 Å². The van der Waals surface area contributed by atoms with Crippen LogP contribution >= 0.6 is 0 Å². The number of nitrogens with one attached hydrogen (secondary N) is 2. The molecule has 0 aromatic heterocycles. The minimum atomic E-state index is -0.854. The monoisotopic (exact) mass is 366 g/mol. The van der Waals surface area contributed by atoms with Gasteiger partial charge in [0.25, 0.3) is 5.91 Å². The molecular weight excluding hydrogens is 350 g/mol. The van der Waals surface area contributed by atoms with Gasteiger partial charge in [0.05, 0.1) is 12.1 Å². The van der Waals surface area contributed by atoms with E-state index in [0.717, 1.165) is 17.7 Å². The maximum absolute atomic E-state index is 13.6. The van der Waals surface area contributed by atoms with E-state index in [1.807, 2.05) is 30.3 Å². The predicted molar refractivity (Wildman–Crippen MR) is 99.5 cm³/mol. The highest BCUT2D eigenvalue weighted by Crippen LogP contribution is 2.17. The van der Waals surface area contributed by atoms with E-state index in [1.165, 1.54) is 12.1 Å². The molecule has 136 valence electrons. The molecule has 0 saturated heterocycles. The van der Waals surface area contributed by atoms with Crippen LogP contribution in [0, 0.1) is 11.6 Å². The zero-order valence-electron chi connectivity index (χ0n) is 14.2. The van der Waals surface area contributed by atoms with Crippen LogP contribution in [0.25, 0.3) is 0 Å². The Morgan fingerprint density at radius 2 is 1.52 bits per heavy atom. The van der Waals surface area contributed by atoms with Crippen LogP contribution in [-0.4, -0.2) is 11.8 Å². The third kappa shape index (κ3) is 4.98. The van der Waals surface area contributed by atoms with Crippen molar-refractivity contribution in [2.75, 3.05) is 10.6 Å². The molecule has 0 aliphatic carbocycles. The molecule has 6 heteroatoms. The number of amides is 2. The topological polar surface area (TPSA) is 58.2 Å². The number of rotatable bonds is 5. The second-order valence-electron chi connectivity index (χ2n) is 5.87. The Kier molecular flexibility index (Phi) is 5.56. The number of halogens is 2. The molecular formula is C21H16F2N2O2. The first-order valence-corrected chi connectivity index (χ1v) is 8.21. The molecule has 0 aliphatic rings. The molecule has 3 aromatic carbocycles. The Balaban J connectivity index is 1.61. The quantitative estimate of drug-likeness (QED) is 0.703. The zero-order chi connectivity index (χ0) is 19.2. The molecule has 0 unspecified atom stereocenters. The van der Waals surface area contributed by atoms with Crippen molar-refractivity contribution in [1.82, 2.24) is 0 Å². The first-order valence-electron chi connectivity index (χ1n) is 8.21. The summed E-state index contributed by atoms with van der Waals surface area (Å²) in [6, 6.07) is 18.4. The van der Waals surface area contributed by atoms with Crippen LogP contribution in [0.5, 0.6) is 0 Å². The molecule has 0 atom stereocenters. The summed E-state index contributed by atoms with van der Waals surface area (Å²) in [5.74, 6) is -2.29. The molecule has 3 aromatic rings. The van der Waals surface area contributed by atoms with E-state index in [1.54, 1.807) is 12.1 Å². The van der Waals surface area contributed by atoms with E-state index < -0.39 is 17.5 Å². The van der Waals surface area contributed by atoms with Gasteiger partial charge in [-0.15, -0.1) is 0 Å². The van der Waals surface area contributed by atoms with E-state index in [2.05, 4.69) is 10.6 Å². The lowest BCUT2D eigenvalue weighted by atomic mass is 10.1. The van der Waals surface area contributed by atoms with Crippen molar-refractivity contribution in [2.24, 2.45) is 0 Å². The Labute approximate surface area is 154 Å². The standard InChI is InChI=1S/C21H16F2N2O2/c22-16-8-11-19(18(23)13-16)25-21(27)15-6-9-17(10-7-15)24-20(26)12-14-4-2-1-3-5-14/h1-11,13H,12H2,(H,24,26)(H,25,27). The lowest BCUT2D eigenvalue weighted by Crippen LogP contribution is -2.15. The molecule has 0 bridgehead atoms. The molecule has 0 spiro atoms. The number of benzene rings is 3. The highest BCUT2D eigenvalue weighted by atomic mass is 19.1. The van der Waals surface area contributed by atoms with Crippen LogP contribution in [0.2, 0.25) is 0 Å².